The highest BCUT2D eigenvalue weighted by Gasteiger charge is 2.26. The second-order valence-electron chi connectivity index (χ2n) is 7.06. The third-order valence-corrected chi connectivity index (χ3v) is 4.01. The van der Waals surface area contributed by atoms with Gasteiger partial charge in [-0.2, -0.15) is 5.10 Å². The van der Waals surface area contributed by atoms with E-state index in [1.807, 2.05) is 20.8 Å². The molecule has 130 valence electrons. The summed E-state index contributed by atoms with van der Waals surface area (Å²) in [6.07, 6.45) is 6.15. The molecule has 3 rings (SSSR count). The van der Waals surface area contributed by atoms with Gasteiger partial charge in [0.05, 0.1) is 11.6 Å². The maximum absolute atomic E-state index is 11.9. The van der Waals surface area contributed by atoms with Crippen LogP contribution in [-0.4, -0.2) is 51.0 Å². The van der Waals surface area contributed by atoms with Gasteiger partial charge in [-0.15, -0.1) is 0 Å². The van der Waals surface area contributed by atoms with Gasteiger partial charge in [0.25, 0.3) is 0 Å². The Hall–Kier alpha value is -2.38. The summed E-state index contributed by atoms with van der Waals surface area (Å²) < 4.78 is 5.32. The number of fused-ring (bicyclic) bond motifs is 1. The van der Waals surface area contributed by atoms with Crippen molar-refractivity contribution in [2.45, 2.75) is 51.7 Å². The molecule has 1 fully saturated rings. The molecule has 1 saturated heterocycles. The fourth-order valence-corrected chi connectivity index (χ4v) is 2.99. The van der Waals surface area contributed by atoms with Crippen molar-refractivity contribution in [2.24, 2.45) is 0 Å². The van der Waals surface area contributed by atoms with E-state index in [0.717, 1.165) is 42.7 Å². The summed E-state index contributed by atoms with van der Waals surface area (Å²) >= 11 is 0. The topological polar surface area (TPSA) is 96.0 Å². The van der Waals surface area contributed by atoms with E-state index in [4.69, 9.17) is 4.74 Å². The minimum atomic E-state index is -0.494. The van der Waals surface area contributed by atoms with Crippen molar-refractivity contribution in [3.8, 4) is 0 Å². The van der Waals surface area contributed by atoms with E-state index in [9.17, 15) is 4.79 Å². The number of carbonyl (C=O) groups is 1. The summed E-state index contributed by atoms with van der Waals surface area (Å²) in [7, 11) is 0. The molecule has 2 aromatic rings. The fourth-order valence-electron chi connectivity index (χ4n) is 2.99. The first-order valence-corrected chi connectivity index (χ1v) is 8.31. The van der Waals surface area contributed by atoms with Crippen LogP contribution in [0.5, 0.6) is 0 Å². The number of nitrogens with zero attached hydrogens (tertiary/aromatic N) is 4. The van der Waals surface area contributed by atoms with Gasteiger partial charge in [-0.1, -0.05) is 0 Å². The van der Waals surface area contributed by atoms with Crippen LogP contribution in [0.1, 0.15) is 40.0 Å². The molecular weight excluding hydrogens is 308 g/mol. The van der Waals surface area contributed by atoms with Crippen molar-refractivity contribution in [2.75, 3.05) is 18.0 Å². The Bertz CT molecular complexity index is 708. The molecule has 0 spiro atoms. The van der Waals surface area contributed by atoms with Crippen molar-refractivity contribution in [1.82, 2.24) is 25.5 Å². The molecule has 2 N–H and O–H groups in total. The summed E-state index contributed by atoms with van der Waals surface area (Å²) in [5.74, 6) is 0.865. The summed E-state index contributed by atoms with van der Waals surface area (Å²) in [6.45, 7) is 7.00. The number of rotatable bonds is 3. The summed E-state index contributed by atoms with van der Waals surface area (Å²) in [6, 6.07) is 0.180. The van der Waals surface area contributed by atoms with Crippen LogP contribution >= 0.6 is 0 Å². The van der Waals surface area contributed by atoms with Crippen molar-refractivity contribution in [1.29, 1.82) is 0 Å². The number of piperidine rings is 1. The van der Waals surface area contributed by atoms with Gasteiger partial charge >= 0.3 is 6.09 Å². The molecule has 0 aliphatic carbocycles. The number of ether oxygens (including phenoxy) is 1. The van der Waals surface area contributed by atoms with Crippen molar-refractivity contribution < 1.29 is 9.53 Å². The number of hydrogen-bond acceptors (Lipinski definition) is 6. The van der Waals surface area contributed by atoms with Gasteiger partial charge in [-0.3, -0.25) is 5.10 Å². The molecule has 1 atom stereocenters. The number of alkyl carbamates (subject to hydrolysis) is 1. The maximum atomic E-state index is 11.9. The lowest BCUT2D eigenvalue weighted by atomic mass is 10.0. The van der Waals surface area contributed by atoms with Crippen molar-refractivity contribution in [3.63, 3.8) is 0 Å². The molecule has 0 bridgehead atoms. The molecule has 1 amide bonds. The van der Waals surface area contributed by atoms with Crippen LogP contribution in [0.15, 0.2) is 12.5 Å². The predicted molar refractivity (Wildman–Crippen MR) is 90.9 cm³/mol. The molecule has 8 nitrogen and oxygen atoms in total. The van der Waals surface area contributed by atoms with E-state index in [-0.39, 0.29) is 12.1 Å². The zero-order valence-corrected chi connectivity index (χ0v) is 14.4. The van der Waals surface area contributed by atoms with Crippen LogP contribution in [0.3, 0.4) is 0 Å². The quantitative estimate of drug-likeness (QED) is 0.895. The van der Waals surface area contributed by atoms with Crippen LogP contribution in [0.4, 0.5) is 10.6 Å². The van der Waals surface area contributed by atoms with Gasteiger partial charge in [0.2, 0.25) is 0 Å². The third-order valence-electron chi connectivity index (χ3n) is 4.01. The lowest BCUT2D eigenvalue weighted by Crippen LogP contribution is -2.48. The molecule has 2 aromatic heterocycles. The summed E-state index contributed by atoms with van der Waals surface area (Å²) in [5.41, 5.74) is 0.232. The zero-order chi connectivity index (χ0) is 17.2. The molecule has 1 aliphatic rings. The van der Waals surface area contributed by atoms with Crippen LogP contribution in [0, 0.1) is 0 Å². The van der Waals surface area contributed by atoms with E-state index in [1.165, 1.54) is 0 Å². The number of amides is 1. The largest absolute Gasteiger partial charge is 0.444 e. The highest BCUT2D eigenvalue weighted by Crippen LogP contribution is 2.27. The van der Waals surface area contributed by atoms with Gasteiger partial charge < -0.3 is 15.0 Å². The maximum Gasteiger partial charge on any atom is 0.407 e. The average Bonchev–Trinajstić information content (AvgIpc) is 3.00. The predicted octanol–water partition coefficient (Wildman–Crippen LogP) is 2.24. The zero-order valence-electron chi connectivity index (χ0n) is 14.4. The van der Waals surface area contributed by atoms with Gasteiger partial charge in [0, 0.05) is 19.1 Å². The van der Waals surface area contributed by atoms with E-state index in [0.29, 0.717) is 6.54 Å². The normalized spacial score (nSPS) is 18.6. The Labute approximate surface area is 141 Å². The Balaban J connectivity index is 1.72. The molecule has 24 heavy (non-hydrogen) atoms. The Morgan fingerprint density at radius 3 is 3.04 bits per heavy atom. The lowest BCUT2D eigenvalue weighted by molar-refractivity contribution is 0.0523. The third kappa shape index (κ3) is 3.74. The Morgan fingerprint density at radius 2 is 2.25 bits per heavy atom. The van der Waals surface area contributed by atoms with E-state index in [2.05, 4.69) is 30.4 Å². The number of carbonyl (C=O) groups excluding carboxylic acids is 1. The van der Waals surface area contributed by atoms with E-state index >= 15 is 0 Å². The second kappa shape index (κ2) is 6.62. The van der Waals surface area contributed by atoms with E-state index < -0.39 is 5.60 Å². The van der Waals surface area contributed by atoms with Crippen molar-refractivity contribution >= 4 is 22.9 Å². The van der Waals surface area contributed by atoms with Crippen LogP contribution in [-0.2, 0) is 4.74 Å². The number of anilines is 1. The monoisotopic (exact) mass is 332 g/mol. The fraction of sp³-hybridized carbons (Fsp3) is 0.625. The van der Waals surface area contributed by atoms with Gasteiger partial charge in [0.15, 0.2) is 5.65 Å². The average molecular weight is 332 g/mol. The van der Waals surface area contributed by atoms with Crippen LogP contribution in [0.2, 0.25) is 0 Å². The summed E-state index contributed by atoms with van der Waals surface area (Å²) in [4.78, 5) is 22.8. The van der Waals surface area contributed by atoms with Gasteiger partial charge in [0.1, 0.15) is 17.7 Å². The molecular formula is C16H24N6O2. The van der Waals surface area contributed by atoms with Crippen molar-refractivity contribution in [3.05, 3.63) is 12.5 Å². The smallest absolute Gasteiger partial charge is 0.407 e. The molecule has 1 unspecified atom stereocenters. The number of aromatic nitrogens is 4. The van der Waals surface area contributed by atoms with Gasteiger partial charge in [-0.05, 0) is 40.0 Å². The first kappa shape index (κ1) is 16.5. The molecule has 0 aromatic carbocycles. The van der Waals surface area contributed by atoms with E-state index in [1.54, 1.807) is 12.5 Å². The SMILES string of the molecule is CC(C)(C)OC(=O)NCC1CCCCN1c1ncnc2[nH]ncc12. The van der Waals surface area contributed by atoms with Gasteiger partial charge in [-0.25, -0.2) is 14.8 Å². The second-order valence-corrected chi connectivity index (χ2v) is 7.06. The first-order valence-electron chi connectivity index (χ1n) is 8.31. The molecule has 3 heterocycles. The first-order chi connectivity index (χ1) is 11.4. The molecule has 0 radical (unpaired) electrons. The summed E-state index contributed by atoms with van der Waals surface area (Å²) in [5, 5.41) is 10.7. The Kier molecular flexibility index (Phi) is 4.55. The lowest BCUT2D eigenvalue weighted by Gasteiger charge is -2.37. The molecule has 0 saturated carbocycles. The number of aromatic amines is 1. The molecule has 8 heteroatoms. The molecule has 1 aliphatic heterocycles. The minimum absolute atomic E-state index is 0.180. The van der Waals surface area contributed by atoms with Crippen LogP contribution in [0.25, 0.3) is 11.0 Å². The van der Waals surface area contributed by atoms with Crippen LogP contribution < -0.4 is 10.2 Å². The number of nitrogens with one attached hydrogen (secondary N) is 2. The minimum Gasteiger partial charge on any atom is -0.444 e. The number of hydrogen-bond donors (Lipinski definition) is 2. The standard InChI is InChI=1S/C16H24N6O2/c1-16(2,3)24-15(23)17-8-11-6-4-5-7-22(11)14-12-9-20-21-13(12)18-10-19-14/h9-11H,4-8H2,1-3H3,(H,17,23)(H,18,19,20,21). The number of H-pyrrole nitrogens is 1. The highest BCUT2D eigenvalue weighted by atomic mass is 16.6. The highest BCUT2D eigenvalue weighted by molar-refractivity contribution is 5.86. The Morgan fingerprint density at radius 1 is 1.42 bits per heavy atom.